The summed E-state index contributed by atoms with van der Waals surface area (Å²) in [6.07, 6.45) is 17.3. The Morgan fingerprint density at radius 1 is 1.07 bits per heavy atom. The van der Waals surface area contributed by atoms with Crippen LogP contribution in [0.2, 0.25) is 0 Å². The van der Waals surface area contributed by atoms with Crippen molar-refractivity contribution in [2.75, 3.05) is 0 Å². The standard InChI is InChI=1S/C28H46/c1-19(2)20(3)9-7-11-22-12-14-25-23-13-15-24-21(4)10-8-17-28(24,6)26(23)16-18-27(22,25)5/h19,21-22,24-25H,3,7-18H2,1-2,4-6H3. The van der Waals surface area contributed by atoms with Crippen molar-refractivity contribution in [1.82, 2.24) is 0 Å². The lowest BCUT2D eigenvalue weighted by molar-refractivity contribution is 0.0509. The van der Waals surface area contributed by atoms with E-state index in [1.54, 1.807) is 0 Å². The number of rotatable bonds is 5. The van der Waals surface area contributed by atoms with Crippen molar-refractivity contribution in [2.24, 2.45) is 40.4 Å². The molecule has 0 aromatic carbocycles. The molecular formula is C28H46. The molecule has 0 heterocycles. The highest BCUT2D eigenvalue weighted by Crippen LogP contribution is 2.66. The molecule has 0 aliphatic heterocycles. The molecule has 2 fully saturated rings. The fourth-order valence-electron chi connectivity index (χ4n) is 8.44. The molecule has 6 unspecified atom stereocenters. The van der Waals surface area contributed by atoms with Crippen LogP contribution < -0.4 is 0 Å². The summed E-state index contributed by atoms with van der Waals surface area (Å²) < 4.78 is 0. The van der Waals surface area contributed by atoms with Crippen LogP contribution in [-0.2, 0) is 0 Å². The lowest BCUT2D eigenvalue weighted by Gasteiger charge is -2.55. The summed E-state index contributed by atoms with van der Waals surface area (Å²) in [5, 5.41) is 0. The summed E-state index contributed by atoms with van der Waals surface area (Å²) >= 11 is 0. The summed E-state index contributed by atoms with van der Waals surface area (Å²) in [6.45, 7) is 16.8. The Kier molecular flexibility index (Phi) is 5.65. The molecule has 0 N–H and O–H groups in total. The van der Waals surface area contributed by atoms with Crippen LogP contribution in [0.1, 0.15) is 112 Å². The summed E-state index contributed by atoms with van der Waals surface area (Å²) in [6, 6.07) is 0. The summed E-state index contributed by atoms with van der Waals surface area (Å²) in [7, 11) is 0. The zero-order chi connectivity index (χ0) is 20.1. The normalized spacial score (nSPS) is 42.9. The van der Waals surface area contributed by atoms with Gasteiger partial charge < -0.3 is 0 Å². The monoisotopic (exact) mass is 382 g/mol. The van der Waals surface area contributed by atoms with Crippen LogP contribution >= 0.6 is 0 Å². The van der Waals surface area contributed by atoms with E-state index in [4.69, 9.17) is 0 Å². The second-order valence-electron chi connectivity index (χ2n) is 12.0. The van der Waals surface area contributed by atoms with Gasteiger partial charge in [-0.1, -0.05) is 70.8 Å². The van der Waals surface area contributed by atoms with Gasteiger partial charge >= 0.3 is 0 Å². The second-order valence-corrected chi connectivity index (χ2v) is 12.0. The van der Waals surface area contributed by atoms with Crippen molar-refractivity contribution in [3.05, 3.63) is 23.3 Å². The predicted molar refractivity (Wildman–Crippen MR) is 122 cm³/mol. The number of hydrogen-bond acceptors (Lipinski definition) is 0. The highest BCUT2D eigenvalue weighted by atomic mass is 14.6. The average Bonchev–Trinajstić information content (AvgIpc) is 2.98. The van der Waals surface area contributed by atoms with Gasteiger partial charge in [0.15, 0.2) is 0 Å². The largest absolute Gasteiger partial charge is 0.0996 e. The van der Waals surface area contributed by atoms with Gasteiger partial charge in [-0.2, -0.15) is 0 Å². The van der Waals surface area contributed by atoms with E-state index in [1.165, 1.54) is 82.6 Å². The van der Waals surface area contributed by atoms with Gasteiger partial charge in [0.05, 0.1) is 0 Å². The van der Waals surface area contributed by atoms with Crippen molar-refractivity contribution in [3.8, 4) is 0 Å². The van der Waals surface area contributed by atoms with E-state index < -0.39 is 0 Å². The molecular weight excluding hydrogens is 336 g/mol. The van der Waals surface area contributed by atoms with Crippen LogP contribution in [0.3, 0.4) is 0 Å². The van der Waals surface area contributed by atoms with Gasteiger partial charge in [0.2, 0.25) is 0 Å². The molecule has 0 nitrogen and oxygen atoms in total. The van der Waals surface area contributed by atoms with E-state index >= 15 is 0 Å². The van der Waals surface area contributed by atoms with Gasteiger partial charge in [0, 0.05) is 0 Å². The van der Waals surface area contributed by atoms with Crippen molar-refractivity contribution in [3.63, 3.8) is 0 Å². The SMILES string of the molecule is C=C(CCCC1CCC2C3=C(CCC12C)C1(C)CCCC(C)C1CC3)C(C)C. The molecule has 4 aliphatic carbocycles. The molecule has 6 atom stereocenters. The smallest absolute Gasteiger partial charge is 0.00827 e. The zero-order valence-electron chi connectivity index (χ0n) is 19.6. The minimum Gasteiger partial charge on any atom is -0.0996 e. The molecule has 4 rings (SSSR count). The molecule has 0 spiro atoms. The minimum atomic E-state index is 0.555. The van der Waals surface area contributed by atoms with Crippen molar-refractivity contribution in [2.45, 2.75) is 112 Å². The fraction of sp³-hybridized carbons (Fsp3) is 0.857. The number of fused-ring (bicyclic) bond motifs is 4. The van der Waals surface area contributed by atoms with Gasteiger partial charge in [-0.25, -0.2) is 0 Å². The summed E-state index contributed by atoms with van der Waals surface area (Å²) in [5.74, 6) is 4.46. The summed E-state index contributed by atoms with van der Waals surface area (Å²) in [4.78, 5) is 0. The van der Waals surface area contributed by atoms with Crippen LogP contribution in [0.4, 0.5) is 0 Å². The first kappa shape index (κ1) is 20.7. The van der Waals surface area contributed by atoms with Crippen LogP contribution in [0.15, 0.2) is 23.3 Å². The highest BCUT2D eigenvalue weighted by molar-refractivity contribution is 5.34. The Hall–Kier alpha value is -0.520. The van der Waals surface area contributed by atoms with Crippen molar-refractivity contribution >= 4 is 0 Å². The highest BCUT2D eigenvalue weighted by Gasteiger charge is 2.55. The first-order valence-electron chi connectivity index (χ1n) is 12.7. The molecule has 0 amide bonds. The van der Waals surface area contributed by atoms with E-state index in [0.29, 0.717) is 16.7 Å². The van der Waals surface area contributed by atoms with Crippen LogP contribution in [0.5, 0.6) is 0 Å². The van der Waals surface area contributed by atoms with Gasteiger partial charge in [0.1, 0.15) is 0 Å². The van der Waals surface area contributed by atoms with E-state index in [1.807, 2.05) is 11.1 Å². The topological polar surface area (TPSA) is 0 Å². The first-order chi connectivity index (χ1) is 13.3. The van der Waals surface area contributed by atoms with E-state index in [0.717, 1.165) is 23.7 Å². The molecule has 4 aliphatic rings. The van der Waals surface area contributed by atoms with Crippen LogP contribution in [0.25, 0.3) is 0 Å². The molecule has 0 heteroatoms. The lowest BCUT2D eigenvalue weighted by Crippen LogP contribution is -2.45. The maximum absolute atomic E-state index is 4.32. The Labute approximate surface area is 175 Å². The Balaban J connectivity index is 1.50. The molecule has 0 bridgehead atoms. The van der Waals surface area contributed by atoms with E-state index in [2.05, 4.69) is 41.2 Å². The third kappa shape index (κ3) is 3.26. The molecule has 0 saturated heterocycles. The molecule has 0 aromatic heterocycles. The Bertz CT molecular complexity index is 636. The van der Waals surface area contributed by atoms with Crippen molar-refractivity contribution in [1.29, 1.82) is 0 Å². The lowest BCUT2D eigenvalue weighted by atomic mass is 9.49. The predicted octanol–water partition coefficient (Wildman–Crippen LogP) is 8.73. The molecule has 0 aromatic rings. The zero-order valence-corrected chi connectivity index (χ0v) is 19.6. The molecule has 2 saturated carbocycles. The van der Waals surface area contributed by atoms with Crippen LogP contribution in [-0.4, -0.2) is 0 Å². The van der Waals surface area contributed by atoms with Gasteiger partial charge in [-0.3, -0.25) is 0 Å². The maximum atomic E-state index is 4.32. The number of allylic oxidation sites excluding steroid dienone is 3. The average molecular weight is 383 g/mol. The van der Waals surface area contributed by atoms with Gasteiger partial charge in [-0.15, -0.1) is 0 Å². The first-order valence-corrected chi connectivity index (χ1v) is 12.7. The van der Waals surface area contributed by atoms with E-state index in [-0.39, 0.29) is 0 Å². The Morgan fingerprint density at radius 3 is 2.61 bits per heavy atom. The minimum absolute atomic E-state index is 0.555. The van der Waals surface area contributed by atoms with E-state index in [9.17, 15) is 0 Å². The molecule has 158 valence electrons. The van der Waals surface area contributed by atoms with Crippen molar-refractivity contribution < 1.29 is 0 Å². The quantitative estimate of drug-likeness (QED) is 0.417. The second kappa shape index (κ2) is 7.63. The maximum Gasteiger partial charge on any atom is -0.00827 e. The molecule has 0 radical (unpaired) electrons. The fourth-order valence-corrected chi connectivity index (χ4v) is 8.44. The number of hydrogen-bond donors (Lipinski definition) is 0. The third-order valence-electron chi connectivity index (χ3n) is 10.4. The Morgan fingerprint density at radius 2 is 1.86 bits per heavy atom. The van der Waals surface area contributed by atoms with Gasteiger partial charge in [-0.05, 0) is 105 Å². The van der Waals surface area contributed by atoms with Crippen LogP contribution in [0, 0.1) is 40.4 Å². The third-order valence-corrected chi connectivity index (χ3v) is 10.4. The van der Waals surface area contributed by atoms with Gasteiger partial charge in [0.25, 0.3) is 0 Å². The molecule has 28 heavy (non-hydrogen) atoms. The summed E-state index contributed by atoms with van der Waals surface area (Å²) in [5.41, 5.74) is 6.58.